The van der Waals surface area contributed by atoms with Crippen LogP contribution in [0.25, 0.3) is 0 Å². The zero-order valence-electron chi connectivity index (χ0n) is 9.97. The second-order valence-electron chi connectivity index (χ2n) is 3.88. The van der Waals surface area contributed by atoms with E-state index in [1.165, 1.54) is 5.56 Å². The van der Waals surface area contributed by atoms with E-state index >= 15 is 0 Å². The Kier molecular flexibility index (Phi) is 3.88. The molecular formula is C13H14N4O. The molecule has 0 spiro atoms. The van der Waals surface area contributed by atoms with Gasteiger partial charge in [0.15, 0.2) is 0 Å². The monoisotopic (exact) mass is 242 g/mol. The van der Waals surface area contributed by atoms with Crippen molar-refractivity contribution in [3.63, 3.8) is 0 Å². The van der Waals surface area contributed by atoms with Crippen LogP contribution in [0.1, 0.15) is 5.56 Å². The first-order valence-corrected chi connectivity index (χ1v) is 5.55. The van der Waals surface area contributed by atoms with Gasteiger partial charge in [0.05, 0.1) is 11.4 Å². The van der Waals surface area contributed by atoms with Crippen molar-refractivity contribution in [2.45, 2.75) is 6.92 Å². The Labute approximate surface area is 105 Å². The number of hydrogen-bond acceptors (Lipinski definition) is 5. The number of rotatable bonds is 5. The minimum absolute atomic E-state index is 0.409. The predicted octanol–water partition coefficient (Wildman–Crippen LogP) is 3.34. The average Bonchev–Trinajstić information content (AvgIpc) is 2.42. The molecular weight excluding hydrogens is 228 g/mol. The van der Waals surface area contributed by atoms with Gasteiger partial charge < -0.3 is 10.9 Å². The topological polar surface area (TPSA) is 65.5 Å². The summed E-state index contributed by atoms with van der Waals surface area (Å²) in [6.45, 7) is 2.04. The highest BCUT2D eigenvalue weighted by atomic mass is 16.3. The molecule has 5 nitrogen and oxygen atoms in total. The molecule has 0 aliphatic heterocycles. The molecule has 0 amide bonds. The lowest BCUT2D eigenvalue weighted by Crippen LogP contribution is -2.27. The summed E-state index contributed by atoms with van der Waals surface area (Å²) in [7, 11) is 0. The lowest BCUT2D eigenvalue weighted by Gasteiger charge is -2.10. The fraction of sp³-hybridized carbons (Fsp3) is 0.0769. The number of hydrogen-bond donors (Lipinski definition) is 3. The minimum Gasteiger partial charge on any atom is -0.304 e. The van der Waals surface area contributed by atoms with Gasteiger partial charge in [-0.2, -0.15) is 5.53 Å². The van der Waals surface area contributed by atoms with Crippen LogP contribution in [0.15, 0.2) is 53.7 Å². The predicted molar refractivity (Wildman–Crippen MR) is 73.5 cm³/mol. The van der Waals surface area contributed by atoms with Gasteiger partial charge >= 0.3 is 0 Å². The molecule has 0 radical (unpaired) electrons. The number of nitrogens with zero attached hydrogens (tertiary/aromatic N) is 1. The van der Waals surface area contributed by atoms with E-state index in [1.54, 1.807) is 24.3 Å². The molecule has 18 heavy (non-hydrogen) atoms. The van der Waals surface area contributed by atoms with E-state index in [1.807, 2.05) is 31.2 Å². The van der Waals surface area contributed by atoms with Gasteiger partial charge in [0.1, 0.15) is 5.69 Å². The van der Waals surface area contributed by atoms with E-state index in [0.29, 0.717) is 5.69 Å². The average molecular weight is 242 g/mol. The number of hydrazine groups is 2. The standard InChI is InChI=1S/C13H14N4O/c1-10-2-4-11(5-3-10)14-17-15-12-6-8-13(16-18)9-7-12/h2-9,14-15,17H,1H3. The van der Waals surface area contributed by atoms with Gasteiger partial charge in [-0.1, -0.05) is 17.7 Å². The number of benzene rings is 2. The first-order valence-electron chi connectivity index (χ1n) is 5.55. The van der Waals surface area contributed by atoms with Crippen LogP contribution < -0.4 is 16.4 Å². The van der Waals surface area contributed by atoms with Crippen LogP contribution in [0.4, 0.5) is 17.1 Å². The maximum absolute atomic E-state index is 10.2. The maximum Gasteiger partial charge on any atom is 0.108 e. The second kappa shape index (κ2) is 5.79. The van der Waals surface area contributed by atoms with E-state index in [-0.39, 0.29) is 0 Å². The smallest absolute Gasteiger partial charge is 0.108 e. The van der Waals surface area contributed by atoms with Crippen molar-refractivity contribution in [1.29, 1.82) is 0 Å². The Morgan fingerprint density at radius 1 is 0.833 bits per heavy atom. The quantitative estimate of drug-likeness (QED) is 0.555. The summed E-state index contributed by atoms with van der Waals surface area (Å²) in [5, 5.41) is 2.83. The van der Waals surface area contributed by atoms with Crippen molar-refractivity contribution in [3.8, 4) is 0 Å². The van der Waals surface area contributed by atoms with Gasteiger partial charge in [-0.05, 0) is 48.5 Å². The molecule has 0 aliphatic carbocycles. The summed E-state index contributed by atoms with van der Waals surface area (Å²) in [5.41, 5.74) is 12.2. The Balaban J connectivity index is 1.84. The maximum atomic E-state index is 10.2. The number of aryl methyl sites for hydroxylation is 1. The molecule has 0 aromatic heterocycles. The van der Waals surface area contributed by atoms with Gasteiger partial charge in [-0.3, -0.25) is 0 Å². The number of nitroso groups, excluding NO2 is 1. The van der Waals surface area contributed by atoms with E-state index < -0.39 is 0 Å². The second-order valence-corrected chi connectivity index (χ2v) is 3.88. The molecule has 0 fully saturated rings. The Morgan fingerprint density at radius 3 is 1.83 bits per heavy atom. The van der Waals surface area contributed by atoms with Crippen LogP contribution in [0, 0.1) is 11.8 Å². The first-order chi connectivity index (χ1) is 8.78. The molecule has 0 heterocycles. The summed E-state index contributed by atoms with van der Waals surface area (Å²) in [6, 6.07) is 14.8. The summed E-state index contributed by atoms with van der Waals surface area (Å²) < 4.78 is 0. The van der Waals surface area contributed by atoms with E-state index in [0.717, 1.165) is 11.4 Å². The molecule has 2 aromatic rings. The van der Waals surface area contributed by atoms with Crippen molar-refractivity contribution in [2.75, 3.05) is 10.9 Å². The highest BCUT2D eigenvalue weighted by molar-refractivity contribution is 5.51. The molecule has 0 aliphatic rings. The zero-order valence-corrected chi connectivity index (χ0v) is 9.97. The number of nitrogens with one attached hydrogen (secondary N) is 3. The van der Waals surface area contributed by atoms with Gasteiger partial charge in [0.25, 0.3) is 0 Å². The SMILES string of the molecule is Cc1ccc(NNNc2ccc(N=O)cc2)cc1. The summed E-state index contributed by atoms with van der Waals surface area (Å²) >= 11 is 0. The van der Waals surface area contributed by atoms with E-state index in [4.69, 9.17) is 0 Å². The molecule has 2 rings (SSSR count). The third kappa shape index (κ3) is 3.29. The van der Waals surface area contributed by atoms with E-state index in [2.05, 4.69) is 21.6 Å². The number of anilines is 2. The minimum atomic E-state index is 0.409. The lowest BCUT2D eigenvalue weighted by molar-refractivity contribution is 0.954. The molecule has 0 saturated heterocycles. The summed E-state index contributed by atoms with van der Waals surface area (Å²) in [6.07, 6.45) is 0. The molecule has 0 unspecified atom stereocenters. The molecule has 3 N–H and O–H groups in total. The summed E-state index contributed by atoms with van der Waals surface area (Å²) in [4.78, 5) is 10.2. The summed E-state index contributed by atoms with van der Waals surface area (Å²) in [5.74, 6) is 0. The van der Waals surface area contributed by atoms with Crippen molar-refractivity contribution >= 4 is 17.1 Å². The van der Waals surface area contributed by atoms with Crippen LogP contribution in [0.5, 0.6) is 0 Å². The van der Waals surface area contributed by atoms with Crippen LogP contribution >= 0.6 is 0 Å². The normalized spacial score (nSPS) is 9.83. The van der Waals surface area contributed by atoms with Crippen LogP contribution in [0.2, 0.25) is 0 Å². The van der Waals surface area contributed by atoms with Crippen LogP contribution in [-0.4, -0.2) is 0 Å². The lowest BCUT2D eigenvalue weighted by atomic mass is 10.2. The van der Waals surface area contributed by atoms with Crippen LogP contribution in [0.3, 0.4) is 0 Å². The third-order valence-electron chi connectivity index (χ3n) is 2.44. The largest absolute Gasteiger partial charge is 0.304 e. The van der Waals surface area contributed by atoms with Crippen molar-refractivity contribution < 1.29 is 0 Å². The molecule has 5 heteroatoms. The fourth-order valence-electron chi connectivity index (χ4n) is 1.42. The molecule has 0 saturated carbocycles. The zero-order chi connectivity index (χ0) is 12.8. The van der Waals surface area contributed by atoms with Gasteiger partial charge in [-0.25, -0.2) is 0 Å². The van der Waals surface area contributed by atoms with Gasteiger partial charge in [-0.15, -0.1) is 4.91 Å². The van der Waals surface area contributed by atoms with E-state index in [9.17, 15) is 4.91 Å². The fourth-order valence-corrected chi connectivity index (χ4v) is 1.42. The first kappa shape index (κ1) is 12.1. The van der Waals surface area contributed by atoms with Crippen molar-refractivity contribution in [2.24, 2.45) is 5.18 Å². The van der Waals surface area contributed by atoms with Gasteiger partial charge in [0, 0.05) is 0 Å². The van der Waals surface area contributed by atoms with Crippen molar-refractivity contribution in [3.05, 3.63) is 59.0 Å². The van der Waals surface area contributed by atoms with Crippen LogP contribution in [-0.2, 0) is 0 Å². The Bertz CT molecular complexity index is 508. The highest BCUT2D eigenvalue weighted by Crippen LogP contribution is 2.15. The van der Waals surface area contributed by atoms with Crippen molar-refractivity contribution in [1.82, 2.24) is 5.53 Å². The molecule has 2 aromatic carbocycles. The van der Waals surface area contributed by atoms with Gasteiger partial charge in [0.2, 0.25) is 0 Å². The Morgan fingerprint density at radius 2 is 1.33 bits per heavy atom. The highest BCUT2D eigenvalue weighted by Gasteiger charge is 1.93. The third-order valence-corrected chi connectivity index (χ3v) is 2.44. The Hall–Kier alpha value is -2.40. The molecule has 0 bridgehead atoms. The molecule has 92 valence electrons. The molecule has 0 atom stereocenters.